The first-order valence-electron chi connectivity index (χ1n) is 8.29. The van der Waals surface area contributed by atoms with Crippen LogP contribution in [0.1, 0.15) is 11.4 Å². The number of nitrogens with one attached hydrogen (secondary N) is 1. The number of hydrogen-bond donors (Lipinski definition) is 1. The molecule has 0 saturated carbocycles. The molecule has 1 saturated heterocycles. The molecule has 7 nitrogen and oxygen atoms in total. The van der Waals surface area contributed by atoms with E-state index < -0.39 is 0 Å². The van der Waals surface area contributed by atoms with Crippen LogP contribution >= 0.6 is 11.8 Å². The van der Waals surface area contributed by atoms with Crippen molar-refractivity contribution in [2.24, 2.45) is 7.05 Å². The lowest BCUT2D eigenvalue weighted by atomic mass is 10.2. The van der Waals surface area contributed by atoms with Crippen LogP contribution in [0.5, 0.6) is 0 Å². The van der Waals surface area contributed by atoms with E-state index in [2.05, 4.69) is 20.4 Å². The molecule has 1 aliphatic heterocycles. The third kappa shape index (κ3) is 5.04. The van der Waals surface area contributed by atoms with Crippen LogP contribution in [0.2, 0.25) is 0 Å². The van der Waals surface area contributed by atoms with Crippen LogP contribution in [0.25, 0.3) is 0 Å². The predicted octanol–water partition coefficient (Wildman–Crippen LogP) is 1.69. The third-order valence-corrected chi connectivity index (χ3v) is 5.05. The average Bonchev–Trinajstić information content (AvgIpc) is 2.94. The van der Waals surface area contributed by atoms with Gasteiger partial charge in [0.05, 0.1) is 25.5 Å². The maximum Gasteiger partial charge on any atom is 0.234 e. The van der Waals surface area contributed by atoms with Gasteiger partial charge in [-0.1, -0.05) is 23.9 Å². The molecular weight excluding hydrogens is 338 g/mol. The van der Waals surface area contributed by atoms with Crippen LogP contribution < -0.4 is 5.32 Å². The summed E-state index contributed by atoms with van der Waals surface area (Å²) in [5.41, 5.74) is 1.93. The lowest BCUT2D eigenvalue weighted by Gasteiger charge is -2.25. The summed E-state index contributed by atoms with van der Waals surface area (Å²) in [6, 6.07) is 7.77. The number of rotatable bonds is 6. The molecular formula is C17H23N5O2S. The second-order valence-corrected chi connectivity index (χ2v) is 7.00. The Morgan fingerprint density at radius 3 is 2.88 bits per heavy atom. The molecule has 1 aliphatic rings. The first kappa shape index (κ1) is 17.9. The number of anilines is 1. The zero-order valence-electron chi connectivity index (χ0n) is 14.6. The molecule has 0 atom stereocenters. The number of hydrogen-bond acceptors (Lipinski definition) is 6. The Hall–Kier alpha value is -1.90. The number of ether oxygens (including phenoxy) is 1. The number of benzene rings is 1. The fourth-order valence-corrected chi connectivity index (χ4v) is 3.35. The normalized spacial score (nSPS) is 15.3. The van der Waals surface area contributed by atoms with E-state index in [4.69, 9.17) is 4.74 Å². The van der Waals surface area contributed by atoms with E-state index in [0.29, 0.717) is 5.75 Å². The molecule has 0 aliphatic carbocycles. The van der Waals surface area contributed by atoms with E-state index in [1.807, 2.05) is 42.8 Å². The number of carbonyl (C=O) groups excluding carboxylic acids is 1. The van der Waals surface area contributed by atoms with E-state index in [1.54, 1.807) is 0 Å². The molecule has 1 aromatic heterocycles. The highest BCUT2D eigenvalue weighted by molar-refractivity contribution is 7.99. The molecule has 3 rings (SSSR count). The van der Waals surface area contributed by atoms with Gasteiger partial charge in [0.2, 0.25) is 5.91 Å². The van der Waals surface area contributed by atoms with Crippen molar-refractivity contribution in [2.75, 3.05) is 37.4 Å². The highest BCUT2D eigenvalue weighted by Crippen LogP contribution is 2.17. The molecule has 0 bridgehead atoms. The summed E-state index contributed by atoms with van der Waals surface area (Å²) >= 11 is 1.40. The highest BCUT2D eigenvalue weighted by atomic mass is 32.2. The van der Waals surface area contributed by atoms with Crippen molar-refractivity contribution in [2.45, 2.75) is 18.6 Å². The number of carbonyl (C=O) groups is 1. The van der Waals surface area contributed by atoms with Crippen molar-refractivity contribution in [3.63, 3.8) is 0 Å². The Bertz CT molecular complexity index is 728. The molecule has 1 amide bonds. The van der Waals surface area contributed by atoms with Crippen LogP contribution in [-0.4, -0.2) is 57.6 Å². The minimum absolute atomic E-state index is 0.0478. The Kier molecular flexibility index (Phi) is 6.06. The zero-order valence-corrected chi connectivity index (χ0v) is 15.4. The largest absolute Gasteiger partial charge is 0.379 e. The third-order valence-electron chi connectivity index (χ3n) is 4.03. The smallest absolute Gasteiger partial charge is 0.234 e. The molecule has 1 N–H and O–H groups in total. The second-order valence-electron chi connectivity index (χ2n) is 6.05. The number of morpholine rings is 1. The fraction of sp³-hybridized carbons (Fsp3) is 0.471. The Labute approximate surface area is 151 Å². The summed E-state index contributed by atoms with van der Waals surface area (Å²) in [5, 5.41) is 12.1. The maximum atomic E-state index is 12.1. The summed E-state index contributed by atoms with van der Waals surface area (Å²) < 4.78 is 7.32. The molecule has 2 aromatic rings. The average molecular weight is 361 g/mol. The summed E-state index contributed by atoms with van der Waals surface area (Å²) in [7, 11) is 1.94. The van der Waals surface area contributed by atoms with Gasteiger partial charge in [0.15, 0.2) is 5.16 Å². The predicted molar refractivity (Wildman–Crippen MR) is 97.6 cm³/mol. The highest BCUT2D eigenvalue weighted by Gasteiger charge is 2.16. The van der Waals surface area contributed by atoms with Gasteiger partial charge in [-0.15, -0.1) is 10.2 Å². The van der Waals surface area contributed by atoms with Gasteiger partial charge >= 0.3 is 0 Å². The van der Waals surface area contributed by atoms with E-state index >= 15 is 0 Å². The van der Waals surface area contributed by atoms with Gasteiger partial charge in [-0.3, -0.25) is 9.69 Å². The lowest BCUT2D eigenvalue weighted by molar-refractivity contribution is -0.113. The van der Waals surface area contributed by atoms with Crippen molar-refractivity contribution in [1.82, 2.24) is 19.7 Å². The Morgan fingerprint density at radius 2 is 2.12 bits per heavy atom. The van der Waals surface area contributed by atoms with Crippen molar-refractivity contribution >= 4 is 23.4 Å². The first-order chi connectivity index (χ1) is 12.1. The molecule has 0 unspecified atom stereocenters. The van der Waals surface area contributed by atoms with Gasteiger partial charge in [-0.2, -0.15) is 0 Å². The number of aromatic nitrogens is 3. The van der Waals surface area contributed by atoms with Crippen molar-refractivity contribution in [1.29, 1.82) is 0 Å². The minimum atomic E-state index is -0.0478. The summed E-state index contributed by atoms with van der Waals surface area (Å²) in [4.78, 5) is 14.4. The topological polar surface area (TPSA) is 72.3 Å². The molecule has 0 spiro atoms. The van der Waals surface area contributed by atoms with Gasteiger partial charge in [-0.05, 0) is 24.6 Å². The number of nitrogens with zero attached hydrogens (tertiary/aromatic N) is 4. The van der Waals surface area contributed by atoms with Crippen LogP contribution in [0.3, 0.4) is 0 Å². The van der Waals surface area contributed by atoms with E-state index in [9.17, 15) is 4.79 Å². The second kappa shape index (κ2) is 8.46. The van der Waals surface area contributed by atoms with E-state index in [0.717, 1.165) is 55.1 Å². The van der Waals surface area contributed by atoms with Crippen LogP contribution in [0.4, 0.5) is 5.69 Å². The molecule has 0 radical (unpaired) electrons. The van der Waals surface area contributed by atoms with Gasteiger partial charge in [0, 0.05) is 25.8 Å². The molecule has 8 heteroatoms. The lowest BCUT2D eigenvalue weighted by Crippen LogP contribution is -2.36. The van der Waals surface area contributed by atoms with E-state index in [-0.39, 0.29) is 5.91 Å². The van der Waals surface area contributed by atoms with Crippen molar-refractivity contribution in [3.8, 4) is 0 Å². The van der Waals surface area contributed by atoms with Crippen LogP contribution in [-0.2, 0) is 23.1 Å². The Balaban J connectivity index is 1.52. The summed E-state index contributed by atoms with van der Waals surface area (Å²) in [6.45, 7) is 6.10. The van der Waals surface area contributed by atoms with E-state index in [1.165, 1.54) is 11.8 Å². The number of aryl methyl sites for hydroxylation is 1. The van der Waals surface area contributed by atoms with Gasteiger partial charge in [0.1, 0.15) is 5.82 Å². The quantitative estimate of drug-likeness (QED) is 0.790. The SMILES string of the molecule is Cc1cccc(NC(=O)CSc2nnc(CN3CCOCC3)n2C)c1. The standard InChI is InChI=1S/C17H23N5O2S/c1-13-4-3-5-14(10-13)18-16(23)12-25-17-20-19-15(21(17)2)11-22-6-8-24-9-7-22/h3-5,10H,6-9,11-12H2,1-2H3,(H,18,23). The van der Waals surface area contributed by atoms with Gasteiger partial charge in [-0.25, -0.2) is 0 Å². The van der Waals surface area contributed by atoms with Crippen molar-refractivity contribution in [3.05, 3.63) is 35.7 Å². The number of amides is 1. The monoisotopic (exact) mass is 361 g/mol. The maximum absolute atomic E-state index is 12.1. The zero-order chi connectivity index (χ0) is 17.6. The molecule has 1 aromatic carbocycles. The fourth-order valence-electron chi connectivity index (χ4n) is 2.62. The summed E-state index contributed by atoms with van der Waals surface area (Å²) in [6.07, 6.45) is 0. The minimum Gasteiger partial charge on any atom is -0.379 e. The van der Waals surface area contributed by atoms with Gasteiger partial charge in [0.25, 0.3) is 0 Å². The molecule has 134 valence electrons. The Morgan fingerprint density at radius 1 is 1.32 bits per heavy atom. The molecule has 25 heavy (non-hydrogen) atoms. The molecule has 1 fully saturated rings. The van der Waals surface area contributed by atoms with Crippen LogP contribution in [0.15, 0.2) is 29.4 Å². The van der Waals surface area contributed by atoms with Crippen molar-refractivity contribution < 1.29 is 9.53 Å². The first-order valence-corrected chi connectivity index (χ1v) is 9.28. The number of thioether (sulfide) groups is 1. The summed E-state index contributed by atoms with van der Waals surface area (Å²) in [5.74, 6) is 1.16. The van der Waals surface area contributed by atoms with Crippen LogP contribution in [0, 0.1) is 6.92 Å². The van der Waals surface area contributed by atoms with Gasteiger partial charge < -0.3 is 14.6 Å². The molecule has 2 heterocycles.